The molecule has 0 radical (unpaired) electrons. The molecule has 0 aromatic heterocycles. The average Bonchev–Trinajstić information content (AvgIpc) is 3.62. The van der Waals surface area contributed by atoms with E-state index >= 15 is 0 Å². The number of rotatable bonds is 11. The maximum absolute atomic E-state index is 13.4. The maximum Gasteiger partial charge on any atom is 0.404 e. The Hall–Kier alpha value is -4.44. The number of hydrogen-bond donors (Lipinski definition) is 16. The molecule has 412 valence electrons. The Labute approximate surface area is 411 Å². The van der Waals surface area contributed by atoms with E-state index in [4.69, 9.17) is 63.6 Å². The zero-order valence-corrected chi connectivity index (χ0v) is 38.7. The van der Waals surface area contributed by atoms with Gasteiger partial charge in [-0.05, 0) is 6.92 Å². The third-order valence-corrected chi connectivity index (χ3v) is 13.1. The SMILES string of the molecule is CC(=O)N[C@H]1C(O)[C@@H]2O[C@@H]3OC(OC4[C@H](O)C(CO)O[C@@H](OCC2O[C@H]1OC1[C@@H](OC(N)=O)[C@](C)(O)C(C(N)=O)O[C@@H]1O)[C@H]4O)[C@@H](O[C@@H]1OC(C(=O)NC2=C(O)CCC2=O)[C@H](O)C(O)[C@@H]1O)C(O)[C@@H]3NC(C)=O. The predicted octanol–water partition coefficient (Wildman–Crippen LogP) is -10.4. The van der Waals surface area contributed by atoms with Crippen LogP contribution in [0.2, 0.25) is 0 Å². The molecule has 6 aliphatic heterocycles. The van der Waals surface area contributed by atoms with Crippen molar-refractivity contribution in [2.75, 3.05) is 13.2 Å². The van der Waals surface area contributed by atoms with E-state index in [2.05, 4.69) is 16.0 Å². The Balaban J connectivity index is 1.25. The molecule has 73 heavy (non-hydrogen) atoms. The second kappa shape index (κ2) is 22.4. The fourth-order valence-electron chi connectivity index (χ4n) is 9.41. The molecule has 6 fully saturated rings. The van der Waals surface area contributed by atoms with Gasteiger partial charge in [0, 0.05) is 26.7 Å². The summed E-state index contributed by atoms with van der Waals surface area (Å²) in [6, 6.07) is -3.73. The van der Waals surface area contributed by atoms with E-state index in [0.717, 1.165) is 20.8 Å². The number of nitrogens with two attached hydrogens (primary N) is 2. The molecule has 0 aromatic rings. The molecule has 18 N–H and O–H groups in total. The van der Waals surface area contributed by atoms with Crippen molar-refractivity contribution >= 4 is 35.5 Å². The lowest BCUT2D eigenvalue weighted by molar-refractivity contribution is -0.416. The Kier molecular flexibility index (Phi) is 17.3. The van der Waals surface area contributed by atoms with Crippen LogP contribution in [-0.4, -0.2) is 258 Å². The number of primary amides is 2. The first-order valence-electron chi connectivity index (χ1n) is 22.6. The second-order valence-corrected chi connectivity index (χ2v) is 18.3. The van der Waals surface area contributed by atoms with Crippen LogP contribution in [0, 0.1) is 0 Å². The minimum Gasteiger partial charge on any atom is -0.510 e. The van der Waals surface area contributed by atoms with Crippen LogP contribution < -0.4 is 27.4 Å². The summed E-state index contributed by atoms with van der Waals surface area (Å²) in [7, 11) is 0. The summed E-state index contributed by atoms with van der Waals surface area (Å²) in [5.74, 6) is -5.61. The number of carbonyl (C=O) groups is 6. The number of carbonyl (C=O) groups excluding carboxylic acids is 6. The van der Waals surface area contributed by atoms with Crippen LogP contribution in [0.1, 0.15) is 33.6 Å². The lowest BCUT2D eigenvalue weighted by Gasteiger charge is -2.52. The van der Waals surface area contributed by atoms with Crippen LogP contribution in [0.5, 0.6) is 0 Å². The number of ketones is 1. The quantitative estimate of drug-likeness (QED) is 0.0913. The third kappa shape index (κ3) is 11.4. The molecule has 4 bridgehead atoms. The number of Topliss-reactive ketones (excluding diaryl/α,β-unsaturated/α-hetero) is 1. The number of aliphatic hydroxyl groups excluding tert-OH is 10. The van der Waals surface area contributed by atoms with Crippen LogP contribution in [-0.2, 0) is 76.1 Å². The third-order valence-electron chi connectivity index (χ3n) is 13.1. The maximum atomic E-state index is 13.4. The molecular weight excluding hydrogens is 998 g/mol. The number of amides is 5. The minimum atomic E-state index is -2.60. The average molecular weight is 1060 g/mol. The van der Waals surface area contributed by atoms with E-state index < -0.39 is 213 Å². The molecule has 6 heterocycles. The lowest BCUT2D eigenvalue weighted by atomic mass is 9.85. The van der Waals surface area contributed by atoms with E-state index in [0.29, 0.717) is 0 Å². The highest BCUT2D eigenvalue weighted by atomic mass is 16.8. The van der Waals surface area contributed by atoms with Crippen molar-refractivity contribution in [3.8, 4) is 0 Å². The van der Waals surface area contributed by atoms with E-state index in [1.54, 1.807) is 0 Å². The fourth-order valence-corrected chi connectivity index (χ4v) is 9.41. The number of allylic oxidation sites excluding steroid dienone is 2. The standard InChI is InChI=1S/C40H59N5O28/c1-8(47)43-15-18(52)24-13(65-34(15)70-28-29(72-39(42)61)40(3,62)30(31(41)58)71-33(28)60)7-63-36-23(57)25(17(51)12(6-46)64-36)67-38-27(19(53)16(44-9(2)48)35(66-24)73-38)69-37-22(56)20(54)21(55)26(68-37)32(59)45-14-10(49)4-5-11(14)50/h12-13,15-30,33-38,46,49,51-57,60,62H,4-7H2,1-3H3,(H2,41,58)(H2,42,61)(H,43,47)(H,44,48)(H,45,59)/t12?,13?,15-,16-,17+,18?,19?,20?,21+,22-,23-,24+,25?,26?,27-,28?,29+,30?,33-,34-,35+,36+,37-,38?,40-/m0/s1. The van der Waals surface area contributed by atoms with E-state index in [-0.39, 0.29) is 12.8 Å². The van der Waals surface area contributed by atoms with Gasteiger partial charge in [-0.1, -0.05) is 0 Å². The van der Waals surface area contributed by atoms with Gasteiger partial charge in [0.25, 0.3) is 5.91 Å². The van der Waals surface area contributed by atoms with Gasteiger partial charge in [-0.25, -0.2) is 4.79 Å². The molecule has 0 spiro atoms. The molecule has 6 saturated heterocycles. The van der Waals surface area contributed by atoms with Gasteiger partial charge in [0.1, 0.15) is 102 Å². The first kappa shape index (κ1) is 56.3. The van der Waals surface area contributed by atoms with Crippen molar-refractivity contribution in [2.24, 2.45) is 11.5 Å². The smallest absolute Gasteiger partial charge is 0.404 e. The number of nitrogens with one attached hydrogen (secondary N) is 3. The van der Waals surface area contributed by atoms with Gasteiger partial charge in [0.2, 0.25) is 17.7 Å². The van der Waals surface area contributed by atoms with Crippen LogP contribution in [0.4, 0.5) is 4.79 Å². The molecule has 25 atom stereocenters. The Morgan fingerprint density at radius 3 is 1.95 bits per heavy atom. The van der Waals surface area contributed by atoms with Gasteiger partial charge < -0.3 is 136 Å². The van der Waals surface area contributed by atoms with Crippen molar-refractivity contribution in [3.63, 3.8) is 0 Å². The fraction of sp³-hybridized carbons (Fsp3) is 0.800. The molecule has 33 heteroatoms. The van der Waals surface area contributed by atoms with E-state index in [9.17, 15) is 84.9 Å². The summed E-state index contributed by atoms with van der Waals surface area (Å²) >= 11 is 0. The zero-order chi connectivity index (χ0) is 53.7. The Morgan fingerprint density at radius 2 is 1.34 bits per heavy atom. The molecule has 5 amide bonds. The molecule has 7 aliphatic rings. The monoisotopic (exact) mass is 1060 g/mol. The summed E-state index contributed by atoms with van der Waals surface area (Å²) in [6.07, 6.45) is -47.8. The van der Waals surface area contributed by atoms with Crippen molar-refractivity contribution in [1.82, 2.24) is 16.0 Å². The summed E-state index contributed by atoms with van der Waals surface area (Å²) in [5.41, 5.74) is 7.49. The number of fused-ring (bicyclic) bond motifs is 5. The van der Waals surface area contributed by atoms with Crippen LogP contribution >= 0.6 is 0 Å². The molecule has 0 saturated carbocycles. The van der Waals surface area contributed by atoms with Crippen molar-refractivity contribution < 1.29 is 137 Å². The van der Waals surface area contributed by atoms with E-state index in [1.807, 2.05) is 0 Å². The number of ether oxygens (including phenoxy) is 11. The normalized spacial score (nSPS) is 46.2. The Bertz CT molecular complexity index is 2100. The van der Waals surface area contributed by atoms with Gasteiger partial charge in [-0.15, -0.1) is 0 Å². The van der Waals surface area contributed by atoms with Crippen molar-refractivity contribution in [2.45, 2.75) is 187 Å². The summed E-state index contributed by atoms with van der Waals surface area (Å²) < 4.78 is 63.8. The van der Waals surface area contributed by atoms with Gasteiger partial charge in [0.15, 0.2) is 67.9 Å². The lowest BCUT2D eigenvalue weighted by Crippen LogP contribution is -2.73. The zero-order valence-electron chi connectivity index (χ0n) is 38.7. The van der Waals surface area contributed by atoms with Crippen LogP contribution in [0.3, 0.4) is 0 Å². The van der Waals surface area contributed by atoms with Gasteiger partial charge in [-0.3, -0.25) is 24.0 Å². The summed E-state index contributed by atoms with van der Waals surface area (Å²) in [4.78, 5) is 75.6. The van der Waals surface area contributed by atoms with Crippen LogP contribution in [0.15, 0.2) is 11.5 Å². The molecule has 1 aliphatic carbocycles. The van der Waals surface area contributed by atoms with Gasteiger partial charge in [-0.2, -0.15) is 0 Å². The Morgan fingerprint density at radius 1 is 0.699 bits per heavy atom. The first-order valence-corrected chi connectivity index (χ1v) is 22.6. The molecule has 10 unspecified atom stereocenters. The van der Waals surface area contributed by atoms with Crippen molar-refractivity contribution in [3.05, 3.63) is 11.5 Å². The van der Waals surface area contributed by atoms with Crippen molar-refractivity contribution in [1.29, 1.82) is 0 Å². The van der Waals surface area contributed by atoms with Crippen LogP contribution in [0.25, 0.3) is 0 Å². The predicted molar refractivity (Wildman–Crippen MR) is 222 cm³/mol. The topological polar surface area (TPSA) is 515 Å². The van der Waals surface area contributed by atoms with Gasteiger partial charge >= 0.3 is 6.09 Å². The summed E-state index contributed by atoms with van der Waals surface area (Å²) in [5, 5.41) is 130. The highest BCUT2D eigenvalue weighted by Gasteiger charge is 2.62. The molecular formula is C40H59N5O28. The highest BCUT2D eigenvalue weighted by molar-refractivity contribution is 6.02. The van der Waals surface area contributed by atoms with Gasteiger partial charge in [0.05, 0.1) is 13.2 Å². The molecule has 33 nitrogen and oxygen atoms in total. The van der Waals surface area contributed by atoms with E-state index in [1.165, 1.54) is 0 Å². The summed E-state index contributed by atoms with van der Waals surface area (Å²) in [6.45, 7) is 1.05. The first-order chi connectivity index (χ1) is 34.2. The second-order valence-electron chi connectivity index (χ2n) is 18.3. The molecule has 7 rings (SSSR count). The highest BCUT2D eigenvalue weighted by Crippen LogP contribution is 2.39. The number of aliphatic hydroxyl groups is 11. The number of hydrogen-bond acceptors (Lipinski definition) is 28. The minimum absolute atomic E-state index is 0.124. The molecule has 0 aromatic carbocycles. The largest absolute Gasteiger partial charge is 0.510 e.